The average Bonchev–Trinajstić information content (AvgIpc) is 2.19. The lowest BCUT2D eigenvalue weighted by molar-refractivity contribution is -0.239. The molecule has 0 aliphatic carbocycles. The zero-order chi connectivity index (χ0) is 11.4. The number of ether oxygens (including phenoxy) is 4. The van der Waals surface area contributed by atoms with E-state index in [1.165, 1.54) is 0 Å². The summed E-state index contributed by atoms with van der Waals surface area (Å²) >= 11 is 0. The lowest BCUT2D eigenvalue weighted by atomic mass is 9.95. The largest absolute Gasteiger partial charge is 0.387 e. The molecule has 1 fully saturated rings. The molecule has 0 spiro atoms. The number of aliphatic hydroxyl groups excluding tert-OH is 1. The van der Waals surface area contributed by atoms with Gasteiger partial charge in [0.2, 0.25) is 0 Å². The Labute approximate surface area is 90.3 Å². The van der Waals surface area contributed by atoms with Gasteiger partial charge in [-0.15, -0.1) is 0 Å². The summed E-state index contributed by atoms with van der Waals surface area (Å²) in [4.78, 5) is 0. The fourth-order valence-electron chi connectivity index (χ4n) is 2.04. The van der Waals surface area contributed by atoms with E-state index in [4.69, 9.17) is 18.9 Å². The molecule has 0 saturated carbocycles. The van der Waals surface area contributed by atoms with Gasteiger partial charge in [0, 0.05) is 21.3 Å². The molecule has 1 aliphatic heterocycles. The van der Waals surface area contributed by atoms with Crippen LogP contribution in [-0.4, -0.2) is 63.6 Å². The minimum absolute atomic E-state index is 0.170. The van der Waals surface area contributed by atoms with Gasteiger partial charge in [0.05, 0.1) is 12.7 Å². The van der Waals surface area contributed by atoms with Gasteiger partial charge in [-0.3, -0.25) is 0 Å². The Morgan fingerprint density at radius 3 is 2.20 bits per heavy atom. The Kier molecular flexibility index (Phi) is 4.95. The molecule has 0 aromatic carbocycles. The summed E-state index contributed by atoms with van der Waals surface area (Å²) in [5.41, 5.74) is 0. The van der Waals surface area contributed by atoms with Crippen molar-refractivity contribution in [1.82, 2.24) is 0 Å². The maximum absolute atomic E-state index is 10.0. The van der Waals surface area contributed by atoms with E-state index in [-0.39, 0.29) is 18.3 Å². The van der Waals surface area contributed by atoms with Crippen LogP contribution in [0.5, 0.6) is 0 Å². The third kappa shape index (κ3) is 2.68. The van der Waals surface area contributed by atoms with Crippen LogP contribution < -0.4 is 0 Å². The molecule has 1 heterocycles. The molecule has 0 bridgehead atoms. The molecular formula is C10H20O5. The number of rotatable bonds is 4. The maximum atomic E-state index is 10.0. The molecule has 1 N–H and O–H groups in total. The predicted molar refractivity (Wildman–Crippen MR) is 53.8 cm³/mol. The first-order valence-corrected chi connectivity index (χ1v) is 5.03. The van der Waals surface area contributed by atoms with Gasteiger partial charge in [0.15, 0.2) is 0 Å². The van der Waals surface area contributed by atoms with E-state index in [9.17, 15) is 5.11 Å². The Bertz CT molecular complexity index is 185. The molecule has 5 unspecified atom stereocenters. The average molecular weight is 220 g/mol. The highest BCUT2D eigenvalue weighted by molar-refractivity contribution is 4.92. The third-order valence-electron chi connectivity index (χ3n) is 2.77. The number of methoxy groups -OCH3 is 3. The van der Waals surface area contributed by atoms with Crippen molar-refractivity contribution in [2.45, 2.75) is 37.4 Å². The monoisotopic (exact) mass is 220 g/mol. The zero-order valence-corrected chi connectivity index (χ0v) is 9.67. The molecule has 5 nitrogen and oxygen atoms in total. The fraction of sp³-hybridized carbons (Fsp3) is 1.00. The second-order valence-electron chi connectivity index (χ2n) is 3.73. The smallest absolute Gasteiger partial charge is 0.114 e. The first kappa shape index (κ1) is 12.9. The van der Waals surface area contributed by atoms with Crippen molar-refractivity contribution >= 4 is 0 Å². The maximum Gasteiger partial charge on any atom is 0.114 e. The topological polar surface area (TPSA) is 57.2 Å². The minimum Gasteiger partial charge on any atom is -0.387 e. The van der Waals surface area contributed by atoms with Crippen molar-refractivity contribution in [2.24, 2.45) is 0 Å². The molecule has 1 aliphatic rings. The first-order chi connectivity index (χ1) is 7.15. The van der Waals surface area contributed by atoms with Crippen molar-refractivity contribution in [3.05, 3.63) is 0 Å². The van der Waals surface area contributed by atoms with Gasteiger partial charge < -0.3 is 24.1 Å². The molecule has 0 aromatic heterocycles. The second kappa shape index (κ2) is 5.77. The summed E-state index contributed by atoms with van der Waals surface area (Å²) in [6, 6.07) is 0. The van der Waals surface area contributed by atoms with Crippen molar-refractivity contribution in [3.8, 4) is 0 Å². The van der Waals surface area contributed by atoms with Gasteiger partial charge >= 0.3 is 0 Å². The van der Waals surface area contributed by atoms with Gasteiger partial charge in [0.1, 0.15) is 24.4 Å². The number of hydrogen-bond donors (Lipinski definition) is 1. The van der Waals surface area contributed by atoms with Crippen LogP contribution in [0.4, 0.5) is 0 Å². The van der Waals surface area contributed by atoms with Crippen LogP contribution in [0, 0.1) is 0 Å². The summed E-state index contributed by atoms with van der Waals surface area (Å²) in [6.45, 7) is 2.27. The van der Waals surface area contributed by atoms with Crippen molar-refractivity contribution in [2.75, 3.05) is 27.9 Å². The van der Waals surface area contributed by atoms with Gasteiger partial charge in [-0.25, -0.2) is 0 Å². The van der Waals surface area contributed by atoms with Crippen molar-refractivity contribution < 1.29 is 24.1 Å². The number of aliphatic hydroxyl groups is 1. The molecule has 0 aromatic rings. The highest BCUT2D eigenvalue weighted by atomic mass is 16.6. The fourth-order valence-corrected chi connectivity index (χ4v) is 2.04. The summed E-state index contributed by atoms with van der Waals surface area (Å²) in [6.07, 6.45) is -1.88. The lowest BCUT2D eigenvalue weighted by Crippen LogP contribution is -2.59. The molecule has 90 valence electrons. The predicted octanol–water partition coefficient (Wildman–Crippen LogP) is -0.189. The molecule has 5 atom stereocenters. The molecule has 1 rings (SSSR count). The Morgan fingerprint density at radius 1 is 1.13 bits per heavy atom. The van der Waals surface area contributed by atoms with Gasteiger partial charge in [-0.05, 0) is 6.92 Å². The van der Waals surface area contributed by atoms with Crippen molar-refractivity contribution in [3.63, 3.8) is 0 Å². The Balaban J connectivity index is 2.70. The van der Waals surface area contributed by atoms with E-state index in [1.807, 2.05) is 6.92 Å². The standard InChI is InChI=1S/C10H20O5/c1-6-9(13-3)8(11)10(14-4)7(15-6)5-12-2/h6-11H,5H2,1-4H3. The van der Waals surface area contributed by atoms with E-state index in [2.05, 4.69) is 0 Å². The molecule has 5 heteroatoms. The van der Waals surface area contributed by atoms with Crippen LogP contribution in [0.25, 0.3) is 0 Å². The van der Waals surface area contributed by atoms with E-state index < -0.39 is 12.2 Å². The van der Waals surface area contributed by atoms with E-state index in [0.29, 0.717) is 6.61 Å². The normalized spacial score (nSPS) is 41.8. The Morgan fingerprint density at radius 2 is 1.73 bits per heavy atom. The van der Waals surface area contributed by atoms with E-state index in [1.54, 1.807) is 21.3 Å². The summed E-state index contributed by atoms with van der Waals surface area (Å²) in [5.74, 6) is 0. The number of hydrogen-bond acceptors (Lipinski definition) is 5. The van der Waals surface area contributed by atoms with Gasteiger partial charge in [-0.2, -0.15) is 0 Å². The molecular weight excluding hydrogens is 200 g/mol. The molecule has 15 heavy (non-hydrogen) atoms. The summed E-state index contributed by atoms with van der Waals surface area (Å²) in [7, 11) is 4.69. The van der Waals surface area contributed by atoms with Gasteiger partial charge in [0.25, 0.3) is 0 Å². The van der Waals surface area contributed by atoms with E-state index >= 15 is 0 Å². The second-order valence-corrected chi connectivity index (χ2v) is 3.73. The zero-order valence-electron chi connectivity index (χ0n) is 9.67. The highest BCUT2D eigenvalue weighted by Crippen LogP contribution is 2.24. The van der Waals surface area contributed by atoms with Crippen LogP contribution in [0.3, 0.4) is 0 Å². The van der Waals surface area contributed by atoms with Crippen LogP contribution >= 0.6 is 0 Å². The third-order valence-corrected chi connectivity index (χ3v) is 2.77. The summed E-state index contributed by atoms with van der Waals surface area (Å²) in [5, 5.41) is 10.0. The van der Waals surface area contributed by atoms with Gasteiger partial charge in [-0.1, -0.05) is 0 Å². The highest BCUT2D eigenvalue weighted by Gasteiger charge is 2.43. The molecule has 0 amide bonds. The summed E-state index contributed by atoms with van der Waals surface area (Å²) < 4.78 is 21.1. The lowest BCUT2D eigenvalue weighted by Gasteiger charge is -2.42. The molecule has 0 radical (unpaired) electrons. The minimum atomic E-state index is -0.691. The van der Waals surface area contributed by atoms with Crippen LogP contribution in [0.15, 0.2) is 0 Å². The van der Waals surface area contributed by atoms with Crippen LogP contribution in [0.2, 0.25) is 0 Å². The SMILES string of the molecule is COCC1OC(C)C(OC)C(O)C1OC. The van der Waals surface area contributed by atoms with Crippen LogP contribution in [0.1, 0.15) is 6.92 Å². The molecule has 1 saturated heterocycles. The van der Waals surface area contributed by atoms with Crippen LogP contribution in [-0.2, 0) is 18.9 Å². The van der Waals surface area contributed by atoms with E-state index in [0.717, 1.165) is 0 Å². The Hall–Kier alpha value is -0.200. The quantitative estimate of drug-likeness (QED) is 0.711. The van der Waals surface area contributed by atoms with Crippen molar-refractivity contribution in [1.29, 1.82) is 0 Å². The first-order valence-electron chi connectivity index (χ1n) is 5.03.